The second kappa shape index (κ2) is 5.03. The summed E-state index contributed by atoms with van der Waals surface area (Å²) in [6, 6.07) is 5.35. The third-order valence-corrected chi connectivity index (χ3v) is 2.05. The van der Waals surface area contributed by atoms with Crippen LogP contribution in [0.2, 0.25) is 0 Å². The molecule has 0 amide bonds. The number of carbonyl (C=O) groups is 1. The predicted molar refractivity (Wildman–Crippen MR) is 57.7 cm³/mol. The summed E-state index contributed by atoms with van der Waals surface area (Å²) >= 11 is 0. The Morgan fingerprint density at radius 2 is 1.76 bits per heavy atom. The van der Waals surface area contributed by atoms with Crippen molar-refractivity contribution in [2.45, 2.75) is 13.1 Å². The van der Waals surface area contributed by atoms with Crippen molar-refractivity contribution in [1.82, 2.24) is 0 Å². The Balaban J connectivity index is 3.19. The second-order valence-electron chi connectivity index (χ2n) is 3.39. The molecule has 0 saturated carbocycles. The molecule has 0 N–H and O–H groups in total. The molecule has 1 rings (SSSR count). The molecule has 2 nitrogen and oxygen atoms in total. The molecule has 0 aromatic heterocycles. The molecule has 0 atom stereocenters. The summed E-state index contributed by atoms with van der Waals surface area (Å²) < 4.78 is 42.9. The molecular formula is C12H11F3O2. The molecule has 0 radical (unpaired) electrons. The van der Waals surface area contributed by atoms with Crippen LogP contribution in [-0.2, 0) is 4.79 Å². The highest BCUT2D eigenvalue weighted by Gasteiger charge is 2.34. The van der Waals surface area contributed by atoms with E-state index in [1.54, 1.807) is 0 Å². The molecule has 5 heteroatoms. The van der Waals surface area contributed by atoms with Crippen molar-refractivity contribution in [2.24, 2.45) is 0 Å². The van der Waals surface area contributed by atoms with Gasteiger partial charge in [-0.1, -0.05) is 12.1 Å². The molecule has 0 aliphatic rings. The van der Waals surface area contributed by atoms with Gasteiger partial charge >= 0.3 is 6.18 Å². The molecule has 17 heavy (non-hydrogen) atoms. The van der Waals surface area contributed by atoms with E-state index in [9.17, 15) is 18.0 Å². The quantitative estimate of drug-likeness (QED) is 0.763. The molecule has 0 spiro atoms. The third-order valence-electron chi connectivity index (χ3n) is 2.05. The zero-order chi connectivity index (χ0) is 13.1. The number of ketones is 1. The van der Waals surface area contributed by atoms with Gasteiger partial charge in [0.2, 0.25) is 0 Å². The van der Waals surface area contributed by atoms with E-state index in [0.717, 1.165) is 6.92 Å². The monoisotopic (exact) mass is 244 g/mol. The molecule has 0 aliphatic heterocycles. The number of halogens is 3. The average molecular weight is 244 g/mol. The Hall–Kier alpha value is -1.78. The summed E-state index contributed by atoms with van der Waals surface area (Å²) in [7, 11) is 1.42. The summed E-state index contributed by atoms with van der Waals surface area (Å²) in [6.07, 6.45) is -3.97. The number of benzene rings is 1. The van der Waals surface area contributed by atoms with Crippen molar-refractivity contribution in [1.29, 1.82) is 0 Å². The summed E-state index contributed by atoms with van der Waals surface area (Å²) in [5.41, 5.74) is -1.01. The van der Waals surface area contributed by atoms with Crippen molar-refractivity contribution >= 4 is 11.4 Å². The number of alkyl halides is 3. The number of rotatable bonds is 3. The first-order valence-electron chi connectivity index (χ1n) is 4.78. The zero-order valence-electron chi connectivity index (χ0n) is 9.34. The topological polar surface area (TPSA) is 26.3 Å². The number of ether oxygens (including phenoxy) is 1. The lowest BCUT2D eigenvalue weighted by atomic mass is 10.0. The van der Waals surface area contributed by atoms with Crippen LogP contribution in [-0.4, -0.2) is 19.1 Å². The lowest BCUT2D eigenvalue weighted by Gasteiger charge is -2.12. The Labute approximate surface area is 96.7 Å². The van der Waals surface area contributed by atoms with Gasteiger partial charge in [-0.25, -0.2) is 0 Å². The van der Waals surface area contributed by atoms with Crippen molar-refractivity contribution in [3.63, 3.8) is 0 Å². The largest absolute Gasteiger partial charge is 0.497 e. The van der Waals surface area contributed by atoms with E-state index in [4.69, 9.17) is 4.74 Å². The third kappa shape index (κ3) is 3.62. The molecular weight excluding hydrogens is 233 g/mol. The zero-order valence-corrected chi connectivity index (χ0v) is 9.34. The first kappa shape index (κ1) is 13.3. The number of carbonyl (C=O) groups excluding carboxylic acids is 1. The molecule has 0 heterocycles. The van der Waals surface area contributed by atoms with Crippen molar-refractivity contribution in [2.75, 3.05) is 7.11 Å². The first-order chi connectivity index (χ1) is 7.84. The van der Waals surface area contributed by atoms with Gasteiger partial charge in [0.25, 0.3) is 0 Å². The highest BCUT2D eigenvalue weighted by molar-refractivity contribution is 5.96. The van der Waals surface area contributed by atoms with Crippen LogP contribution >= 0.6 is 0 Å². The maximum Gasteiger partial charge on any atom is 0.417 e. The van der Waals surface area contributed by atoms with Crippen LogP contribution in [0.15, 0.2) is 30.3 Å². The summed E-state index contributed by atoms with van der Waals surface area (Å²) in [6.45, 7) is 1.08. The van der Waals surface area contributed by atoms with Gasteiger partial charge in [-0.05, 0) is 30.7 Å². The van der Waals surface area contributed by atoms with Crippen LogP contribution in [0, 0.1) is 0 Å². The van der Waals surface area contributed by atoms with E-state index in [0.29, 0.717) is 11.8 Å². The van der Waals surface area contributed by atoms with Gasteiger partial charge in [0.05, 0.1) is 12.7 Å². The molecule has 0 unspecified atom stereocenters. The molecule has 0 bridgehead atoms. The molecule has 92 valence electrons. The van der Waals surface area contributed by atoms with Crippen molar-refractivity contribution in [3.05, 3.63) is 35.9 Å². The minimum absolute atomic E-state index is 0.0616. The average Bonchev–Trinajstić information content (AvgIpc) is 2.24. The van der Waals surface area contributed by atoms with E-state index in [1.165, 1.54) is 31.4 Å². The summed E-state index contributed by atoms with van der Waals surface area (Å²) in [5, 5.41) is 0. The highest BCUT2D eigenvalue weighted by Crippen LogP contribution is 2.34. The van der Waals surface area contributed by atoms with E-state index < -0.39 is 17.5 Å². The highest BCUT2D eigenvalue weighted by atomic mass is 19.4. The van der Waals surface area contributed by atoms with Crippen molar-refractivity contribution in [3.8, 4) is 5.75 Å². The number of hydrogen-bond acceptors (Lipinski definition) is 2. The predicted octanol–water partition coefficient (Wildman–Crippen LogP) is 3.23. The summed E-state index contributed by atoms with van der Waals surface area (Å²) in [5.74, 6) is -0.189. The van der Waals surface area contributed by atoms with Crippen LogP contribution in [0.3, 0.4) is 0 Å². The molecule has 0 saturated heterocycles. The van der Waals surface area contributed by atoms with Crippen molar-refractivity contribution < 1.29 is 22.7 Å². The van der Waals surface area contributed by atoms with E-state index in [-0.39, 0.29) is 5.56 Å². The summed E-state index contributed by atoms with van der Waals surface area (Å²) in [4.78, 5) is 10.8. The fourth-order valence-electron chi connectivity index (χ4n) is 1.30. The number of hydrogen-bond donors (Lipinski definition) is 0. The molecule has 1 aromatic rings. The Morgan fingerprint density at radius 1 is 1.24 bits per heavy atom. The number of methoxy groups -OCH3 is 1. The lowest BCUT2D eigenvalue weighted by molar-refractivity contribution is -0.113. The minimum Gasteiger partial charge on any atom is -0.497 e. The first-order valence-corrected chi connectivity index (χ1v) is 4.78. The molecule has 0 fully saturated rings. The van der Waals surface area contributed by atoms with Crippen LogP contribution in [0.25, 0.3) is 5.57 Å². The Kier molecular flexibility index (Phi) is 3.93. The maximum atomic E-state index is 12.7. The molecule has 0 aliphatic carbocycles. The van der Waals surface area contributed by atoms with Gasteiger partial charge in [-0.3, -0.25) is 4.79 Å². The Bertz CT molecular complexity index is 430. The van der Waals surface area contributed by atoms with Gasteiger partial charge in [0.15, 0.2) is 5.78 Å². The number of allylic oxidation sites excluding steroid dienone is 2. The standard InChI is InChI=1S/C12H11F3O2/c1-8(16)7-11(12(13,14)15)9-3-5-10(17-2)6-4-9/h3-7H,1-2H3/b11-7+. The van der Waals surface area contributed by atoms with E-state index >= 15 is 0 Å². The van der Waals surface area contributed by atoms with Gasteiger partial charge in [0.1, 0.15) is 5.75 Å². The lowest BCUT2D eigenvalue weighted by Crippen LogP contribution is -2.12. The van der Waals surface area contributed by atoms with Crippen LogP contribution in [0.4, 0.5) is 13.2 Å². The van der Waals surface area contributed by atoms with Gasteiger partial charge < -0.3 is 4.74 Å². The fourth-order valence-corrected chi connectivity index (χ4v) is 1.30. The smallest absolute Gasteiger partial charge is 0.417 e. The van der Waals surface area contributed by atoms with Gasteiger partial charge in [0, 0.05) is 0 Å². The van der Waals surface area contributed by atoms with Crippen LogP contribution < -0.4 is 4.74 Å². The fraction of sp³-hybridized carbons (Fsp3) is 0.250. The van der Waals surface area contributed by atoms with Crippen LogP contribution in [0.5, 0.6) is 5.75 Å². The normalized spacial score (nSPS) is 12.4. The van der Waals surface area contributed by atoms with Gasteiger partial charge in [-0.2, -0.15) is 13.2 Å². The van der Waals surface area contributed by atoms with Crippen LogP contribution in [0.1, 0.15) is 12.5 Å². The van der Waals surface area contributed by atoms with E-state index in [1.807, 2.05) is 0 Å². The van der Waals surface area contributed by atoms with Gasteiger partial charge in [-0.15, -0.1) is 0 Å². The minimum atomic E-state index is -4.56. The molecule has 1 aromatic carbocycles. The maximum absolute atomic E-state index is 12.7. The van der Waals surface area contributed by atoms with E-state index in [2.05, 4.69) is 0 Å². The second-order valence-corrected chi connectivity index (χ2v) is 3.39. The Morgan fingerprint density at radius 3 is 2.12 bits per heavy atom. The SMILES string of the molecule is COc1ccc(/C(=C\C(C)=O)C(F)(F)F)cc1.